The predicted octanol–water partition coefficient (Wildman–Crippen LogP) is 5.80. The van der Waals surface area contributed by atoms with Crippen LogP contribution in [0.4, 0.5) is 17.3 Å². The molecule has 0 aliphatic rings. The van der Waals surface area contributed by atoms with Gasteiger partial charge in [0.05, 0.1) is 35.3 Å². The molecule has 0 aliphatic carbocycles. The number of nitrogens with two attached hydrogens (primary N) is 3. The van der Waals surface area contributed by atoms with Gasteiger partial charge < -0.3 is 40.7 Å². The number of nitrogens with zero attached hydrogens (tertiary/aromatic N) is 4. The smallest absolute Gasteiger partial charge is 0.276 e. The van der Waals surface area contributed by atoms with E-state index in [1.165, 1.54) is 12.3 Å². The van der Waals surface area contributed by atoms with Crippen LogP contribution in [-0.4, -0.2) is 65.1 Å². The number of hydrogen-bond acceptors (Lipinski definition) is 10. The third kappa shape index (κ3) is 8.39. The standard InChI is InChI=1S/C37H49N9O6Si/c1-8-46-28(18-22(2)44-46)35(49)43-36-42-27-21-25(34(40)48)24-12-17-51-32(24)31(27)45(36)14-10-9-13-41-30-26(38)19-23(33(39)47)20-29(30)50-15-11-16-52-53(6,7)37(3,4)5/h9-10,12,17-21,41H,8,11,13-16,38H2,1-7H3,(H2,39,47)(H2,40,48)(H,42,43,49)/b10-9+. The van der Waals surface area contributed by atoms with E-state index in [9.17, 15) is 14.4 Å². The van der Waals surface area contributed by atoms with Crippen LogP contribution in [0.5, 0.6) is 5.75 Å². The average molecular weight is 744 g/mol. The van der Waals surface area contributed by atoms with Crippen molar-refractivity contribution in [3.8, 4) is 5.75 Å². The van der Waals surface area contributed by atoms with Crippen molar-refractivity contribution in [2.24, 2.45) is 11.5 Å². The fraction of sp³-hybridized carbons (Fsp3) is 0.378. The molecule has 0 aliphatic heterocycles. The highest BCUT2D eigenvalue weighted by Gasteiger charge is 2.36. The summed E-state index contributed by atoms with van der Waals surface area (Å²) in [7, 11) is -1.90. The van der Waals surface area contributed by atoms with Crippen molar-refractivity contribution in [1.82, 2.24) is 19.3 Å². The molecule has 0 spiro atoms. The first-order valence-electron chi connectivity index (χ1n) is 17.5. The van der Waals surface area contributed by atoms with E-state index in [-0.39, 0.29) is 28.7 Å². The third-order valence-electron chi connectivity index (χ3n) is 9.46. The molecule has 3 aromatic heterocycles. The van der Waals surface area contributed by atoms with Crippen LogP contribution in [0, 0.1) is 6.92 Å². The first-order chi connectivity index (χ1) is 25.0. The first kappa shape index (κ1) is 38.6. The van der Waals surface area contributed by atoms with Gasteiger partial charge in [0, 0.05) is 43.6 Å². The quantitative estimate of drug-likeness (QED) is 0.0354. The summed E-state index contributed by atoms with van der Waals surface area (Å²) in [4.78, 5) is 42.5. The van der Waals surface area contributed by atoms with Gasteiger partial charge in [-0.1, -0.05) is 32.9 Å². The van der Waals surface area contributed by atoms with Crippen LogP contribution in [0.3, 0.4) is 0 Å². The highest BCUT2D eigenvalue weighted by molar-refractivity contribution is 6.74. The Kier molecular flexibility index (Phi) is 11.3. The topological polar surface area (TPSA) is 221 Å². The number of anilines is 3. The highest BCUT2D eigenvalue weighted by Crippen LogP contribution is 2.37. The van der Waals surface area contributed by atoms with E-state index in [1.54, 1.807) is 33.5 Å². The predicted molar refractivity (Wildman–Crippen MR) is 209 cm³/mol. The maximum absolute atomic E-state index is 13.5. The van der Waals surface area contributed by atoms with E-state index in [2.05, 4.69) is 54.6 Å². The maximum atomic E-state index is 13.5. The zero-order valence-electron chi connectivity index (χ0n) is 31.3. The minimum absolute atomic E-state index is 0.0984. The number of furan rings is 1. The molecule has 53 heavy (non-hydrogen) atoms. The number of ether oxygens (including phenoxy) is 1. The summed E-state index contributed by atoms with van der Waals surface area (Å²) in [5, 5.41) is 11.2. The van der Waals surface area contributed by atoms with Crippen molar-refractivity contribution < 1.29 is 28.0 Å². The number of primary amides is 2. The molecule has 0 bridgehead atoms. The molecule has 282 valence electrons. The Morgan fingerprint density at radius 2 is 1.81 bits per heavy atom. The Hall–Kier alpha value is -5.61. The number of amides is 3. The molecule has 0 atom stereocenters. The van der Waals surface area contributed by atoms with Crippen molar-refractivity contribution in [3.63, 3.8) is 0 Å². The second-order valence-corrected chi connectivity index (χ2v) is 19.1. The summed E-state index contributed by atoms with van der Waals surface area (Å²) in [6, 6.07) is 8.05. The number of aromatic nitrogens is 4. The average Bonchev–Trinajstić information content (AvgIpc) is 3.80. The zero-order chi connectivity index (χ0) is 38.7. The molecule has 0 radical (unpaired) electrons. The van der Waals surface area contributed by atoms with E-state index >= 15 is 0 Å². The second kappa shape index (κ2) is 15.6. The van der Waals surface area contributed by atoms with Gasteiger partial charge in [0.1, 0.15) is 22.6 Å². The third-order valence-corrected chi connectivity index (χ3v) is 14.0. The zero-order valence-corrected chi connectivity index (χ0v) is 32.3. The number of hydrogen-bond donors (Lipinski definition) is 5. The van der Waals surface area contributed by atoms with E-state index in [0.717, 1.165) is 0 Å². The Morgan fingerprint density at radius 1 is 1.06 bits per heavy atom. The van der Waals surface area contributed by atoms with Crippen LogP contribution in [0.25, 0.3) is 22.0 Å². The number of nitrogen functional groups attached to an aromatic ring is 1. The number of fused-ring (bicyclic) bond motifs is 3. The molecular formula is C37H49N9O6Si. The number of imidazole rings is 1. The highest BCUT2D eigenvalue weighted by atomic mass is 28.4. The maximum Gasteiger partial charge on any atom is 0.276 e. The molecular weight excluding hydrogens is 695 g/mol. The number of aryl methyl sites for hydroxylation is 2. The van der Waals surface area contributed by atoms with Crippen molar-refractivity contribution in [1.29, 1.82) is 0 Å². The van der Waals surface area contributed by atoms with E-state index < -0.39 is 26.0 Å². The van der Waals surface area contributed by atoms with Crippen molar-refractivity contribution in [2.45, 2.75) is 72.3 Å². The lowest BCUT2D eigenvalue weighted by Gasteiger charge is -2.36. The van der Waals surface area contributed by atoms with Crippen LogP contribution in [-0.2, 0) is 17.5 Å². The number of benzene rings is 2. The van der Waals surface area contributed by atoms with Gasteiger partial charge in [-0.25, -0.2) is 4.98 Å². The second-order valence-electron chi connectivity index (χ2n) is 14.3. The number of nitrogens with one attached hydrogen (secondary N) is 2. The summed E-state index contributed by atoms with van der Waals surface area (Å²) < 4.78 is 21.6. The van der Waals surface area contributed by atoms with Crippen LogP contribution < -0.4 is 32.6 Å². The van der Waals surface area contributed by atoms with Gasteiger partial charge in [-0.2, -0.15) is 5.10 Å². The van der Waals surface area contributed by atoms with Gasteiger partial charge in [0.25, 0.3) is 5.91 Å². The number of carbonyl (C=O) groups excluding carboxylic acids is 3. The van der Waals surface area contributed by atoms with Gasteiger partial charge >= 0.3 is 0 Å². The molecule has 15 nitrogen and oxygen atoms in total. The minimum Gasteiger partial charge on any atom is -0.491 e. The number of carbonyl (C=O) groups is 3. The van der Waals surface area contributed by atoms with Gasteiger partial charge in [-0.15, -0.1) is 0 Å². The van der Waals surface area contributed by atoms with Gasteiger partial charge in [0.2, 0.25) is 17.8 Å². The molecule has 0 saturated carbocycles. The molecule has 5 aromatic rings. The van der Waals surface area contributed by atoms with Crippen LogP contribution in [0.15, 0.2) is 53.2 Å². The Morgan fingerprint density at radius 3 is 2.49 bits per heavy atom. The van der Waals surface area contributed by atoms with Crippen LogP contribution >= 0.6 is 0 Å². The fourth-order valence-corrected chi connectivity index (χ4v) is 6.72. The lowest BCUT2D eigenvalue weighted by Crippen LogP contribution is -2.41. The fourth-order valence-electron chi connectivity index (χ4n) is 5.63. The summed E-state index contributed by atoms with van der Waals surface area (Å²) in [5.41, 5.74) is 21.4. The Bertz CT molecular complexity index is 2190. The monoisotopic (exact) mass is 743 g/mol. The van der Waals surface area contributed by atoms with E-state index in [0.29, 0.717) is 83.2 Å². The number of allylic oxidation sites excluding steroid dienone is 1. The normalized spacial score (nSPS) is 12.2. The molecule has 16 heteroatoms. The van der Waals surface area contributed by atoms with Crippen LogP contribution in [0.1, 0.15) is 71.0 Å². The van der Waals surface area contributed by atoms with E-state index in [1.807, 2.05) is 26.0 Å². The van der Waals surface area contributed by atoms with Crippen molar-refractivity contribution in [3.05, 3.63) is 71.3 Å². The summed E-state index contributed by atoms with van der Waals surface area (Å²) in [6.07, 6.45) is 5.88. The molecule has 0 unspecified atom stereocenters. The molecule has 5 rings (SSSR count). The number of rotatable bonds is 16. The molecule has 2 aromatic carbocycles. The van der Waals surface area contributed by atoms with Crippen LogP contribution in [0.2, 0.25) is 18.1 Å². The summed E-state index contributed by atoms with van der Waals surface area (Å²) >= 11 is 0. The molecule has 3 amide bonds. The largest absolute Gasteiger partial charge is 0.491 e. The van der Waals surface area contributed by atoms with Crippen molar-refractivity contribution in [2.75, 3.05) is 36.1 Å². The summed E-state index contributed by atoms with van der Waals surface area (Å²) in [6.45, 7) is 16.7. The lowest BCUT2D eigenvalue weighted by atomic mass is 10.1. The summed E-state index contributed by atoms with van der Waals surface area (Å²) in [5.74, 6) is -1.00. The molecule has 0 fully saturated rings. The van der Waals surface area contributed by atoms with Gasteiger partial charge in [-0.3, -0.25) is 24.4 Å². The molecule has 0 saturated heterocycles. The minimum atomic E-state index is -1.90. The van der Waals surface area contributed by atoms with Crippen molar-refractivity contribution >= 4 is 65.4 Å². The van der Waals surface area contributed by atoms with Gasteiger partial charge in [0.15, 0.2) is 13.9 Å². The SMILES string of the molecule is CCn1nc(C)cc1C(=O)Nc1nc2cc(C(N)=O)c3ccoc3c2n1C/C=C/CNc1c(N)cc(C(N)=O)cc1OCCCO[Si](C)(C)C(C)(C)C. The first-order valence-corrected chi connectivity index (χ1v) is 20.4. The Labute approximate surface area is 309 Å². The molecule has 3 heterocycles. The lowest BCUT2D eigenvalue weighted by molar-refractivity contribution is 0.0992. The Balaban J connectivity index is 1.36. The van der Waals surface area contributed by atoms with Gasteiger partial charge in [-0.05, 0) is 62.3 Å². The van der Waals surface area contributed by atoms with E-state index in [4.69, 9.17) is 30.8 Å². The molecule has 8 N–H and O–H groups in total.